The molecule has 2 N–H and O–H groups in total. The van der Waals surface area contributed by atoms with Gasteiger partial charge in [0, 0.05) is 24.3 Å². The molecule has 11 heteroatoms. The maximum atomic E-state index is 14.2. The van der Waals surface area contributed by atoms with Crippen molar-refractivity contribution in [3.63, 3.8) is 0 Å². The molecule has 2 heterocycles. The van der Waals surface area contributed by atoms with Crippen LogP contribution in [-0.2, 0) is 11.3 Å². The van der Waals surface area contributed by atoms with Gasteiger partial charge in [0.25, 0.3) is 5.95 Å². The molecule has 3 aromatic rings. The normalized spacial score (nSPS) is 14.1. The molecule has 0 amide bonds. The van der Waals surface area contributed by atoms with Crippen molar-refractivity contribution < 1.29 is 14.2 Å². The number of benzene rings is 2. The first-order chi connectivity index (χ1) is 15.9. The summed E-state index contributed by atoms with van der Waals surface area (Å²) in [5, 5.41) is 22.4. The number of aromatic hydroxyl groups is 1. The van der Waals surface area contributed by atoms with Crippen molar-refractivity contribution in [1.82, 2.24) is 9.97 Å². The summed E-state index contributed by atoms with van der Waals surface area (Å²) in [6.45, 7) is 4.00. The van der Waals surface area contributed by atoms with Crippen LogP contribution < -0.4 is 10.2 Å². The predicted molar refractivity (Wildman–Crippen MR) is 126 cm³/mol. The van der Waals surface area contributed by atoms with Crippen molar-refractivity contribution >= 4 is 46.3 Å². The summed E-state index contributed by atoms with van der Waals surface area (Å²) >= 11 is 12.5. The zero-order valence-corrected chi connectivity index (χ0v) is 19.2. The summed E-state index contributed by atoms with van der Waals surface area (Å²) in [6, 6.07) is 8.87. The third kappa shape index (κ3) is 5.50. The van der Waals surface area contributed by atoms with E-state index in [2.05, 4.69) is 25.5 Å². The van der Waals surface area contributed by atoms with E-state index in [1.807, 2.05) is 19.1 Å². The minimum atomic E-state index is -0.533. The van der Waals surface area contributed by atoms with Gasteiger partial charge in [-0.1, -0.05) is 35.3 Å². The SMILES string of the molecule is Cc1cccc(Cl)c1Nc1cc(Cl)c(O)c(CN=Nc2ncc(F)c(N3CCOCC3)n2)c1. The van der Waals surface area contributed by atoms with Crippen molar-refractivity contribution in [2.75, 3.05) is 36.5 Å². The molecule has 8 nitrogen and oxygen atoms in total. The molecular weight excluding hydrogens is 470 g/mol. The zero-order valence-electron chi connectivity index (χ0n) is 17.7. The maximum absolute atomic E-state index is 14.2. The van der Waals surface area contributed by atoms with E-state index in [0.29, 0.717) is 42.6 Å². The Bertz CT molecular complexity index is 1170. The van der Waals surface area contributed by atoms with Crippen LogP contribution in [0.15, 0.2) is 46.8 Å². The number of nitrogens with zero attached hydrogens (tertiary/aromatic N) is 5. The lowest BCUT2D eigenvalue weighted by Crippen LogP contribution is -2.37. The number of rotatable bonds is 6. The fraction of sp³-hybridized carbons (Fsp3) is 0.273. The highest BCUT2D eigenvalue weighted by molar-refractivity contribution is 6.34. The van der Waals surface area contributed by atoms with Crippen molar-refractivity contribution in [1.29, 1.82) is 0 Å². The first-order valence-electron chi connectivity index (χ1n) is 10.2. The zero-order chi connectivity index (χ0) is 23.4. The molecule has 33 heavy (non-hydrogen) atoms. The average Bonchev–Trinajstić information content (AvgIpc) is 2.81. The van der Waals surface area contributed by atoms with Gasteiger partial charge in [0.15, 0.2) is 11.6 Å². The van der Waals surface area contributed by atoms with Crippen molar-refractivity contribution in [3.8, 4) is 5.75 Å². The van der Waals surface area contributed by atoms with Crippen LogP contribution in [0.2, 0.25) is 10.0 Å². The number of anilines is 3. The molecule has 0 aliphatic carbocycles. The molecule has 0 atom stereocenters. The molecule has 1 aromatic heterocycles. The van der Waals surface area contributed by atoms with Gasteiger partial charge in [0.2, 0.25) is 0 Å². The largest absolute Gasteiger partial charge is 0.506 e. The van der Waals surface area contributed by atoms with Crippen LogP contribution in [0.25, 0.3) is 0 Å². The van der Waals surface area contributed by atoms with Gasteiger partial charge in [0.1, 0.15) is 5.75 Å². The van der Waals surface area contributed by atoms with E-state index in [-0.39, 0.29) is 29.1 Å². The number of phenolic OH excluding ortho intramolecular Hbond substituents is 1. The Morgan fingerprint density at radius 2 is 2.00 bits per heavy atom. The number of ether oxygens (including phenoxy) is 1. The van der Waals surface area contributed by atoms with E-state index >= 15 is 0 Å². The highest BCUT2D eigenvalue weighted by Gasteiger charge is 2.18. The topological polar surface area (TPSA) is 95.2 Å². The average molecular weight is 491 g/mol. The van der Waals surface area contributed by atoms with Gasteiger partial charge in [0.05, 0.1) is 41.7 Å². The van der Waals surface area contributed by atoms with E-state index in [4.69, 9.17) is 27.9 Å². The van der Waals surface area contributed by atoms with Crippen LogP contribution in [0, 0.1) is 12.7 Å². The molecule has 1 saturated heterocycles. The molecule has 0 bridgehead atoms. The Labute approximate surface area is 200 Å². The molecule has 0 spiro atoms. The lowest BCUT2D eigenvalue weighted by Gasteiger charge is -2.27. The lowest BCUT2D eigenvalue weighted by molar-refractivity contribution is 0.122. The van der Waals surface area contributed by atoms with Crippen LogP contribution in [0.1, 0.15) is 11.1 Å². The standard InChI is InChI=1S/C22H21Cl2FN6O2/c1-13-3-2-4-16(23)19(13)28-15-9-14(20(32)17(24)10-15)11-27-30-22-26-12-18(25)21(29-22)31-5-7-33-8-6-31/h2-4,9-10,12,28,32H,5-8,11H2,1H3. The first-order valence-corrected chi connectivity index (χ1v) is 10.9. The fourth-order valence-corrected chi connectivity index (χ4v) is 3.86. The summed E-state index contributed by atoms with van der Waals surface area (Å²) in [7, 11) is 0. The highest BCUT2D eigenvalue weighted by Crippen LogP contribution is 2.35. The van der Waals surface area contributed by atoms with Crippen LogP contribution in [0.4, 0.5) is 27.5 Å². The molecule has 172 valence electrons. The predicted octanol–water partition coefficient (Wildman–Crippen LogP) is 5.80. The number of hydrogen-bond acceptors (Lipinski definition) is 8. The van der Waals surface area contributed by atoms with Gasteiger partial charge in [-0.3, -0.25) is 0 Å². The second-order valence-electron chi connectivity index (χ2n) is 7.36. The molecule has 0 saturated carbocycles. The van der Waals surface area contributed by atoms with E-state index < -0.39 is 5.82 Å². The molecule has 0 radical (unpaired) electrons. The maximum Gasteiger partial charge on any atom is 0.270 e. The van der Waals surface area contributed by atoms with Crippen molar-refractivity contribution in [3.05, 3.63) is 63.5 Å². The Balaban J connectivity index is 1.52. The quantitative estimate of drug-likeness (QED) is 0.334. The number of halogens is 3. The summed E-state index contributed by atoms with van der Waals surface area (Å²) in [4.78, 5) is 9.82. The van der Waals surface area contributed by atoms with Gasteiger partial charge < -0.3 is 20.1 Å². The number of phenols is 1. The summed E-state index contributed by atoms with van der Waals surface area (Å²) in [5.74, 6) is -0.459. The van der Waals surface area contributed by atoms with Crippen LogP contribution >= 0.6 is 23.2 Å². The monoisotopic (exact) mass is 490 g/mol. The molecule has 1 fully saturated rings. The molecule has 1 aliphatic heterocycles. The van der Waals surface area contributed by atoms with Gasteiger partial charge in [-0.15, -0.1) is 5.11 Å². The summed E-state index contributed by atoms with van der Waals surface area (Å²) in [6.07, 6.45) is 1.07. The number of azo groups is 1. The minimum Gasteiger partial charge on any atom is -0.506 e. The second-order valence-corrected chi connectivity index (χ2v) is 8.18. The third-order valence-electron chi connectivity index (χ3n) is 5.06. The van der Waals surface area contributed by atoms with Gasteiger partial charge >= 0.3 is 0 Å². The van der Waals surface area contributed by atoms with Crippen LogP contribution in [0.5, 0.6) is 5.75 Å². The summed E-state index contributed by atoms with van der Waals surface area (Å²) < 4.78 is 19.5. The Morgan fingerprint density at radius 1 is 1.21 bits per heavy atom. The van der Waals surface area contributed by atoms with E-state index in [9.17, 15) is 9.50 Å². The fourth-order valence-electron chi connectivity index (χ4n) is 3.35. The number of aromatic nitrogens is 2. The Morgan fingerprint density at radius 3 is 2.76 bits per heavy atom. The minimum absolute atomic E-state index is 0.0101. The summed E-state index contributed by atoms with van der Waals surface area (Å²) in [5.41, 5.74) is 2.77. The van der Waals surface area contributed by atoms with Crippen LogP contribution in [-0.4, -0.2) is 41.4 Å². The second kappa shape index (κ2) is 10.3. The van der Waals surface area contributed by atoms with Crippen LogP contribution in [0.3, 0.4) is 0 Å². The number of aryl methyl sites for hydroxylation is 1. The van der Waals surface area contributed by atoms with Gasteiger partial charge in [-0.05, 0) is 30.7 Å². The molecular formula is C22H21Cl2FN6O2. The van der Waals surface area contributed by atoms with E-state index in [1.165, 1.54) is 0 Å². The Hall–Kier alpha value is -3.01. The van der Waals surface area contributed by atoms with Gasteiger partial charge in [-0.2, -0.15) is 10.1 Å². The van der Waals surface area contributed by atoms with E-state index in [0.717, 1.165) is 17.4 Å². The van der Waals surface area contributed by atoms with Crippen molar-refractivity contribution in [2.45, 2.75) is 13.5 Å². The number of morpholine rings is 1. The molecule has 1 aliphatic rings. The van der Waals surface area contributed by atoms with Crippen molar-refractivity contribution in [2.24, 2.45) is 10.2 Å². The number of para-hydroxylation sites is 1. The molecule has 2 aromatic carbocycles. The molecule has 4 rings (SSSR count). The number of nitrogens with one attached hydrogen (secondary N) is 1. The Kier molecular flexibility index (Phi) is 7.22. The number of hydrogen-bond donors (Lipinski definition) is 2. The molecule has 0 unspecified atom stereocenters. The lowest BCUT2D eigenvalue weighted by atomic mass is 10.1. The first kappa shape index (κ1) is 23.2. The third-order valence-corrected chi connectivity index (χ3v) is 5.66. The van der Waals surface area contributed by atoms with E-state index in [1.54, 1.807) is 23.1 Å². The highest BCUT2D eigenvalue weighted by atomic mass is 35.5. The smallest absolute Gasteiger partial charge is 0.270 e. The van der Waals surface area contributed by atoms with Gasteiger partial charge in [-0.25, -0.2) is 9.37 Å².